The summed E-state index contributed by atoms with van der Waals surface area (Å²) in [5, 5.41) is 0. The molecule has 0 fully saturated rings. The third-order valence-electron chi connectivity index (χ3n) is 3.28. The number of esters is 1. The van der Waals surface area contributed by atoms with Gasteiger partial charge >= 0.3 is 5.97 Å². The fourth-order valence-corrected chi connectivity index (χ4v) is 2.00. The lowest BCUT2D eigenvalue weighted by Gasteiger charge is -2.10. The van der Waals surface area contributed by atoms with Crippen molar-refractivity contribution in [1.29, 1.82) is 0 Å². The van der Waals surface area contributed by atoms with E-state index in [-0.39, 0.29) is 13.2 Å². The fourth-order valence-electron chi connectivity index (χ4n) is 2.00. The highest BCUT2D eigenvalue weighted by Crippen LogP contribution is 2.23. The highest BCUT2D eigenvalue weighted by molar-refractivity contribution is 5.93. The molecule has 0 unspecified atom stereocenters. The number of hydrogen-bond acceptors (Lipinski definition) is 5. The van der Waals surface area contributed by atoms with Gasteiger partial charge in [-0.25, -0.2) is 13.6 Å². The summed E-state index contributed by atoms with van der Waals surface area (Å²) in [5.41, 5.74) is 5.06. The van der Waals surface area contributed by atoms with E-state index < -0.39 is 41.4 Å². The second kappa shape index (κ2) is 8.80. The number of hydrogen-bond donors (Lipinski definition) is 1. The molecular formula is C18H17F2NO5. The van der Waals surface area contributed by atoms with Gasteiger partial charge in [-0.3, -0.25) is 4.79 Å². The van der Waals surface area contributed by atoms with Crippen molar-refractivity contribution in [3.63, 3.8) is 0 Å². The van der Waals surface area contributed by atoms with Crippen LogP contribution in [0.3, 0.4) is 0 Å². The van der Waals surface area contributed by atoms with Crippen molar-refractivity contribution in [1.82, 2.24) is 0 Å². The summed E-state index contributed by atoms with van der Waals surface area (Å²) in [5.74, 6) is -4.28. The number of halogens is 2. The molecule has 0 aliphatic heterocycles. The van der Waals surface area contributed by atoms with Gasteiger partial charge in [0, 0.05) is 0 Å². The van der Waals surface area contributed by atoms with E-state index in [0.29, 0.717) is 5.75 Å². The molecule has 0 radical (unpaired) electrons. The molecule has 0 heterocycles. The molecule has 2 N–H and O–H groups in total. The maximum atomic E-state index is 13.9. The van der Waals surface area contributed by atoms with Crippen LogP contribution in [0.4, 0.5) is 8.78 Å². The maximum Gasteiger partial charge on any atom is 0.344 e. The lowest BCUT2D eigenvalue weighted by atomic mass is 10.2. The molecule has 0 spiro atoms. The van der Waals surface area contributed by atoms with Crippen LogP contribution in [-0.4, -0.2) is 31.7 Å². The van der Waals surface area contributed by atoms with E-state index in [1.54, 1.807) is 12.1 Å². The summed E-state index contributed by atoms with van der Waals surface area (Å²) < 4.78 is 42.4. The van der Waals surface area contributed by atoms with Crippen LogP contribution < -0.4 is 15.2 Å². The van der Waals surface area contributed by atoms with E-state index in [2.05, 4.69) is 0 Å². The van der Waals surface area contributed by atoms with E-state index >= 15 is 0 Å². The summed E-state index contributed by atoms with van der Waals surface area (Å²) >= 11 is 0. The van der Waals surface area contributed by atoms with Crippen molar-refractivity contribution >= 4 is 11.9 Å². The van der Waals surface area contributed by atoms with Gasteiger partial charge in [-0.1, -0.05) is 17.7 Å². The number of aryl methyl sites for hydroxylation is 1. The Morgan fingerprint density at radius 3 is 2.35 bits per heavy atom. The highest BCUT2D eigenvalue weighted by Gasteiger charge is 2.19. The number of nitrogens with two attached hydrogens (primary N) is 1. The molecular weight excluding hydrogens is 348 g/mol. The van der Waals surface area contributed by atoms with Crippen LogP contribution in [0.1, 0.15) is 15.9 Å². The summed E-state index contributed by atoms with van der Waals surface area (Å²) in [6.07, 6.45) is 0. The molecule has 26 heavy (non-hydrogen) atoms. The third-order valence-corrected chi connectivity index (χ3v) is 3.28. The molecule has 138 valence electrons. The first-order valence-electron chi connectivity index (χ1n) is 7.64. The molecule has 6 nitrogen and oxygen atoms in total. The molecule has 0 bridgehead atoms. The molecule has 1 amide bonds. The predicted octanol–water partition coefficient (Wildman–Crippen LogP) is 2.37. The minimum atomic E-state index is -1.28. The maximum absolute atomic E-state index is 13.9. The standard InChI is InChI=1S/C18H17F2NO5/c1-11-2-4-12(5-3-11)24-8-9-25-15(22)10-26-14-7-6-13(19)16(17(14)20)18(21)23/h2-7H,8-10H2,1H3,(H2,21,23). The fraction of sp³-hybridized carbons (Fsp3) is 0.222. The summed E-state index contributed by atoms with van der Waals surface area (Å²) in [6.45, 7) is 1.42. The van der Waals surface area contributed by atoms with Crippen molar-refractivity contribution < 1.29 is 32.6 Å². The monoisotopic (exact) mass is 365 g/mol. The normalized spacial score (nSPS) is 10.3. The van der Waals surface area contributed by atoms with Gasteiger partial charge in [0.25, 0.3) is 5.91 Å². The molecule has 2 rings (SSSR count). The third kappa shape index (κ3) is 5.17. The number of carbonyl (C=O) groups is 2. The van der Waals surface area contributed by atoms with Crippen molar-refractivity contribution in [3.05, 3.63) is 59.2 Å². The van der Waals surface area contributed by atoms with Gasteiger partial charge in [0.05, 0.1) is 0 Å². The number of ether oxygens (including phenoxy) is 3. The number of amides is 1. The molecule has 0 saturated carbocycles. The van der Waals surface area contributed by atoms with Crippen LogP contribution in [0, 0.1) is 18.6 Å². The van der Waals surface area contributed by atoms with Crippen LogP contribution in [-0.2, 0) is 9.53 Å². The summed E-state index contributed by atoms with van der Waals surface area (Å²) in [7, 11) is 0. The van der Waals surface area contributed by atoms with Crippen LogP contribution >= 0.6 is 0 Å². The Bertz CT molecular complexity index is 793. The van der Waals surface area contributed by atoms with Gasteiger partial charge in [-0.15, -0.1) is 0 Å². The van der Waals surface area contributed by atoms with Gasteiger partial charge in [-0.2, -0.15) is 0 Å². The van der Waals surface area contributed by atoms with Crippen molar-refractivity contribution in [2.45, 2.75) is 6.92 Å². The minimum Gasteiger partial charge on any atom is -0.490 e. The van der Waals surface area contributed by atoms with Gasteiger partial charge in [0.15, 0.2) is 18.2 Å². The number of benzene rings is 2. The number of rotatable bonds is 8. The Kier molecular flexibility index (Phi) is 6.48. The van der Waals surface area contributed by atoms with Gasteiger partial charge < -0.3 is 19.9 Å². The van der Waals surface area contributed by atoms with Crippen molar-refractivity contribution in [2.24, 2.45) is 5.73 Å². The topological polar surface area (TPSA) is 87.8 Å². The van der Waals surface area contributed by atoms with E-state index in [4.69, 9.17) is 19.9 Å². The molecule has 0 saturated heterocycles. The lowest BCUT2D eigenvalue weighted by Crippen LogP contribution is -2.20. The SMILES string of the molecule is Cc1ccc(OCCOC(=O)COc2ccc(F)c(C(N)=O)c2F)cc1. The average molecular weight is 365 g/mol. The van der Waals surface area contributed by atoms with E-state index in [0.717, 1.165) is 17.7 Å². The van der Waals surface area contributed by atoms with E-state index in [1.807, 2.05) is 19.1 Å². The molecule has 0 aromatic heterocycles. The largest absolute Gasteiger partial charge is 0.490 e. The summed E-state index contributed by atoms with van der Waals surface area (Å²) in [6, 6.07) is 9.10. The summed E-state index contributed by atoms with van der Waals surface area (Å²) in [4.78, 5) is 22.6. The first-order valence-corrected chi connectivity index (χ1v) is 7.64. The predicted molar refractivity (Wildman–Crippen MR) is 88.0 cm³/mol. The second-order valence-corrected chi connectivity index (χ2v) is 5.27. The minimum absolute atomic E-state index is 0.0332. The average Bonchev–Trinajstić information content (AvgIpc) is 2.59. The lowest BCUT2D eigenvalue weighted by molar-refractivity contribution is -0.146. The second-order valence-electron chi connectivity index (χ2n) is 5.27. The zero-order chi connectivity index (χ0) is 19.1. The van der Waals surface area contributed by atoms with E-state index in [1.165, 1.54) is 0 Å². The Morgan fingerprint density at radius 2 is 1.69 bits per heavy atom. The Hall–Kier alpha value is -3.16. The van der Waals surface area contributed by atoms with Gasteiger partial charge in [0.1, 0.15) is 30.3 Å². The van der Waals surface area contributed by atoms with Crippen molar-refractivity contribution in [2.75, 3.05) is 19.8 Å². The highest BCUT2D eigenvalue weighted by atomic mass is 19.1. The zero-order valence-electron chi connectivity index (χ0n) is 14.0. The Morgan fingerprint density at radius 1 is 1.00 bits per heavy atom. The van der Waals surface area contributed by atoms with E-state index in [9.17, 15) is 18.4 Å². The van der Waals surface area contributed by atoms with Crippen LogP contribution in [0.5, 0.6) is 11.5 Å². The van der Waals surface area contributed by atoms with Crippen molar-refractivity contribution in [3.8, 4) is 11.5 Å². The van der Waals surface area contributed by atoms with Crippen LogP contribution in [0.15, 0.2) is 36.4 Å². The first-order chi connectivity index (χ1) is 12.4. The number of primary amides is 1. The van der Waals surface area contributed by atoms with Gasteiger partial charge in [-0.05, 0) is 31.2 Å². The first kappa shape index (κ1) is 19.2. The molecule has 8 heteroatoms. The zero-order valence-corrected chi connectivity index (χ0v) is 14.0. The number of carbonyl (C=O) groups excluding carboxylic acids is 2. The molecule has 0 aliphatic carbocycles. The quantitative estimate of drug-likeness (QED) is 0.573. The molecule has 0 aliphatic rings. The van der Waals surface area contributed by atoms with Crippen LogP contribution in [0.25, 0.3) is 0 Å². The molecule has 2 aromatic carbocycles. The molecule has 0 atom stereocenters. The molecule has 2 aromatic rings. The smallest absolute Gasteiger partial charge is 0.344 e. The Labute approximate surface area is 148 Å². The van der Waals surface area contributed by atoms with Gasteiger partial charge in [0.2, 0.25) is 0 Å². The van der Waals surface area contributed by atoms with Crippen LogP contribution in [0.2, 0.25) is 0 Å². The Balaban J connectivity index is 1.77.